The quantitative estimate of drug-likeness (QED) is 0.627. The first-order chi connectivity index (χ1) is 9.97. The van der Waals surface area contributed by atoms with Crippen LogP contribution in [0.1, 0.15) is 56.2 Å². The van der Waals surface area contributed by atoms with Crippen molar-refractivity contribution in [2.24, 2.45) is 0 Å². The first-order valence-electron chi connectivity index (χ1n) is 6.78. The molecule has 0 saturated heterocycles. The molecule has 1 aliphatic carbocycles. The molecule has 108 valence electrons. The van der Waals surface area contributed by atoms with Crippen molar-refractivity contribution in [3.05, 3.63) is 44.9 Å². The van der Waals surface area contributed by atoms with Crippen LogP contribution in [0, 0.1) is 13.8 Å². The summed E-state index contributed by atoms with van der Waals surface area (Å²) in [5, 5.41) is 2.47. The summed E-state index contributed by atoms with van der Waals surface area (Å²) in [7, 11) is 0. The van der Waals surface area contributed by atoms with Gasteiger partial charge in [0, 0.05) is 11.8 Å². The number of thiazole rings is 1. The van der Waals surface area contributed by atoms with Crippen LogP contribution < -0.4 is 4.74 Å². The van der Waals surface area contributed by atoms with Gasteiger partial charge in [0.1, 0.15) is 5.75 Å². The molecule has 0 saturated carbocycles. The predicted octanol–water partition coefficient (Wildman–Crippen LogP) is 3.67. The topological polar surface area (TPSA) is 56.3 Å². The van der Waals surface area contributed by atoms with Crippen molar-refractivity contribution in [2.45, 2.75) is 33.1 Å². The van der Waals surface area contributed by atoms with Crippen LogP contribution in [0.4, 0.5) is 0 Å². The maximum atomic E-state index is 12.2. The van der Waals surface area contributed by atoms with Crippen molar-refractivity contribution in [1.82, 2.24) is 4.98 Å². The fourth-order valence-electron chi connectivity index (χ4n) is 2.80. The lowest BCUT2D eigenvalue weighted by Gasteiger charge is -2.11. The minimum atomic E-state index is -0.516. The lowest BCUT2D eigenvalue weighted by molar-refractivity contribution is 0.0727. The number of hydrogen-bond acceptors (Lipinski definition) is 5. The summed E-state index contributed by atoms with van der Waals surface area (Å²) in [6.45, 7) is 5.83. The number of nitrogens with zero attached hydrogens (tertiary/aromatic N) is 1. The van der Waals surface area contributed by atoms with Gasteiger partial charge in [-0.15, -0.1) is 11.3 Å². The fraction of sp³-hybridized carbons (Fsp3) is 0.312. The first-order valence-corrected chi connectivity index (χ1v) is 7.66. The van der Waals surface area contributed by atoms with Crippen LogP contribution in [0.5, 0.6) is 5.75 Å². The number of esters is 1. The SMILES string of the molecule is Cc1nc(C(=O)Oc2ccc(C)c3c2C(=O)C[C@H]3C)cs1. The van der Waals surface area contributed by atoms with Crippen LogP contribution in [0.3, 0.4) is 0 Å². The number of aryl methyl sites for hydroxylation is 2. The molecule has 3 rings (SSSR count). The minimum Gasteiger partial charge on any atom is -0.421 e. The average molecular weight is 301 g/mol. The molecule has 0 radical (unpaired) electrons. The van der Waals surface area contributed by atoms with Crippen molar-refractivity contribution in [2.75, 3.05) is 0 Å². The smallest absolute Gasteiger partial charge is 0.363 e. The normalized spacial score (nSPS) is 16.9. The highest BCUT2D eigenvalue weighted by Gasteiger charge is 2.32. The number of carbonyl (C=O) groups excluding carboxylic acids is 2. The van der Waals surface area contributed by atoms with E-state index in [2.05, 4.69) is 4.98 Å². The highest BCUT2D eigenvalue weighted by Crippen LogP contribution is 2.40. The van der Waals surface area contributed by atoms with E-state index < -0.39 is 5.97 Å². The van der Waals surface area contributed by atoms with E-state index in [0.29, 0.717) is 17.7 Å². The summed E-state index contributed by atoms with van der Waals surface area (Å²) in [6, 6.07) is 3.59. The third-order valence-electron chi connectivity index (χ3n) is 3.72. The fourth-order valence-corrected chi connectivity index (χ4v) is 3.39. The summed E-state index contributed by atoms with van der Waals surface area (Å²) < 4.78 is 5.41. The Morgan fingerprint density at radius 3 is 2.81 bits per heavy atom. The van der Waals surface area contributed by atoms with Crippen LogP contribution in [0.2, 0.25) is 0 Å². The molecule has 0 unspecified atom stereocenters. The standard InChI is InChI=1S/C16H15NO3S/c1-8-4-5-13(15-12(18)6-9(2)14(8)15)20-16(19)11-7-21-10(3)17-11/h4-5,7,9H,6H2,1-3H3/t9-/m1/s1. The maximum absolute atomic E-state index is 12.2. The number of aromatic nitrogens is 1. The number of benzene rings is 1. The lowest BCUT2D eigenvalue weighted by Crippen LogP contribution is -2.11. The second kappa shape index (κ2) is 5.07. The molecule has 1 heterocycles. The van der Waals surface area contributed by atoms with Crippen molar-refractivity contribution < 1.29 is 14.3 Å². The summed E-state index contributed by atoms with van der Waals surface area (Å²) in [6.07, 6.45) is 0.473. The molecular formula is C16H15NO3S. The number of fused-ring (bicyclic) bond motifs is 1. The van der Waals surface area contributed by atoms with Gasteiger partial charge >= 0.3 is 5.97 Å². The van der Waals surface area contributed by atoms with Gasteiger partial charge in [-0.2, -0.15) is 0 Å². The van der Waals surface area contributed by atoms with Gasteiger partial charge in [-0.05, 0) is 37.0 Å². The van der Waals surface area contributed by atoms with Gasteiger partial charge < -0.3 is 4.74 Å². The average Bonchev–Trinajstić information content (AvgIpc) is 2.98. The van der Waals surface area contributed by atoms with Crippen LogP contribution in [0.25, 0.3) is 0 Å². The predicted molar refractivity (Wildman–Crippen MR) is 80.4 cm³/mol. The monoisotopic (exact) mass is 301 g/mol. The Morgan fingerprint density at radius 2 is 2.14 bits per heavy atom. The van der Waals surface area contributed by atoms with Gasteiger partial charge in [-0.1, -0.05) is 13.0 Å². The molecule has 2 aromatic rings. The Hall–Kier alpha value is -2.01. The Bertz CT molecular complexity index is 748. The Balaban J connectivity index is 1.98. The summed E-state index contributed by atoms with van der Waals surface area (Å²) in [5.74, 6) is 0.0458. The van der Waals surface area contributed by atoms with Crippen LogP contribution in [-0.4, -0.2) is 16.7 Å². The molecule has 1 atom stereocenters. The minimum absolute atomic E-state index is 0.0402. The lowest BCUT2D eigenvalue weighted by atomic mass is 9.97. The molecule has 4 nitrogen and oxygen atoms in total. The second-order valence-electron chi connectivity index (χ2n) is 5.34. The van der Waals surface area contributed by atoms with Gasteiger partial charge in [0.25, 0.3) is 0 Å². The summed E-state index contributed by atoms with van der Waals surface area (Å²) in [5.41, 5.74) is 2.90. The number of hydrogen-bond donors (Lipinski definition) is 0. The van der Waals surface area contributed by atoms with Gasteiger partial charge in [0.15, 0.2) is 11.5 Å². The van der Waals surface area contributed by atoms with E-state index in [1.165, 1.54) is 11.3 Å². The highest BCUT2D eigenvalue weighted by molar-refractivity contribution is 7.09. The summed E-state index contributed by atoms with van der Waals surface area (Å²) >= 11 is 1.39. The van der Waals surface area contributed by atoms with E-state index in [1.807, 2.05) is 26.8 Å². The van der Waals surface area contributed by atoms with Gasteiger partial charge in [-0.25, -0.2) is 9.78 Å². The molecule has 0 aliphatic heterocycles. The van der Waals surface area contributed by atoms with Crippen LogP contribution in [-0.2, 0) is 0 Å². The molecule has 1 aliphatic rings. The third kappa shape index (κ3) is 2.38. The molecule has 5 heteroatoms. The molecule has 0 amide bonds. The molecule has 0 bridgehead atoms. The zero-order valence-corrected chi connectivity index (χ0v) is 12.9. The molecule has 21 heavy (non-hydrogen) atoms. The number of carbonyl (C=O) groups is 2. The van der Waals surface area contributed by atoms with E-state index in [9.17, 15) is 9.59 Å². The zero-order chi connectivity index (χ0) is 15.1. The van der Waals surface area contributed by atoms with Crippen molar-refractivity contribution in [1.29, 1.82) is 0 Å². The van der Waals surface area contributed by atoms with Gasteiger partial charge in [0.2, 0.25) is 0 Å². The van der Waals surface area contributed by atoms with Gasteiger partial charge in [0.05, 0.1) is 10.6 Å². The maximum Gasteiger partial charge on any atom is 0.363 e. The number of Topliss-reactive ketones (excluding diaryl/α,β-unsaturated/α-hetero) is 1. The Morgan fingerprint density at radius 1 is 1.38 bits per heavy atom. The largest absolute Gasteiger partial charge is 0.421 e. The molecule has 0 fully saturated rings. The number of ketones is 1. The number of ether oxygens (including phenoxy) is 1. The summed E-state index contributed by atoms with van der Waals surface area (Å²) in [4.78, 5) is 28.4. The van der Waals surface area contributed by atoms with Gasteiger partial charge in [-0.3, -0.25) is 4.79 Å². The van der Waals surface area contributed by atoms with E-state index >= 15 is 0 Å². The molecule has 0 N–H and O–H groups in total. The van der Waals surface area contributed by atoms with E-state index in [-0.39, 0.29) is 17.4 Å². The number of rotatable bonds is 2. The Kier molecular flexibility index (Phi) is 3.37. The third-order valence-corrected chi connectivity index (χ3v) is 4.49. The molecule has 1 aromatic heterocycles. The first kappa shape index (κ1) is 13.9. The molecule has 0 spiro atoms. The van der Waals surface area contributed by atoms with E-state index in [1.54, 1.807) is 11.4 Å². The second-order valence-corrected chi connectivity index (χ2v) is 6.40. The van der Waals surface area contributed by atoms with Crippen molar-refractivity contribution in [3.63, 3.8) is 0 Å². The van der Waals surface area contributed by atoms with Crippen LogP contribution in [0.15, 0.2) is 17.5 Å². The van der Waals surface area contributed by atoms with Crippen LogP contribution >= 0.6 is 11.3 Å². The van der Waals surface area contributed by atoms with Crippen molar-refractivity contribution in [3.8, 4) is 5.75 Å². The zero-order valence-electron chi connectivity index (χ0n) is 12.1. The Labute approximate surface area is 126 Å². The molecule has 1 aromatic carbocycles. The van der Waals surface area contributed by atoms with Crippen molar-refractivity contribution >= 4 is 23.1 Å². The van der Waals surface area contributed by atoms with E-state index in [0.717, 1.165) is 16.1 Å². The molecular weight excluding hydrogens is 286 g/mol. The highest BCUT2D eigenvalue weighted by atomic mass is 32.1. The van der Waals surface area contributed by atoms with E-state index in [4.69, 9.17) is 4.74 Å².